The van der Waals surface area contributed by atoms with Crippen molar-refractivity contribution in [3.05, 3.63) is 59.2 Å². The van der Waals surface area contributed by atoms with E-state index in [0.717, 1.165) is 37.7 Å². The number of anilines is 2. The molecule has 3 heterocycles. The molecule has 6 rings (SSSR count). The zero-order valence-electron chi connectivity index (χ0n) is 25.0. The smallest absolute Gasteiger partial charge is 0.407 e. The molecule has 0 aromatic heterocycles. The van der Waals surface area contributed by atoms with Crippen molar-refractivity contribution < 1.29 is 34.0 Å². The van der Waals surface area contributed by atoms with Crippen molar-refractivity contribution in [1.29, 1.82) is 0 Å². The average Bonchev–Trinajstić information content (AvgIpc) is 3.78. The Balaban J connectivity index is 1.23. The summed E-state index contributed by atoms with van der Waals surface area (Å²) in [7, 11) is 0. The molecule has 2 aromatic rings. The van der Waals surface area contributed by atoms with Crippen molar-refractivity contribution in [3.8, 4) is 0 Å². The molecule has 1 aliphatic carbocycles. The number of carbonyl (C=O) groups is 2. The van der Waals surface area contributed by atoms with Crippen LogP contribution in [0.4, 0.5) is 16.2 Å². The van der Waals surface area contributed by atoms with E-state index in [1.807, 2.05) is 41.3 Å². The number of benzene rings is 2. The van der Waals surface area contributed by atoms with Crippen LogP contribution in [-0.2, 0) is 32.0 Å². The van der Waals surface area contributed by atoms with Gasteiger partial charge in [-0.25, -0.2) is 4.79 Å². The second-order valence-electron chi connectivity index (χ2n) is 12.6. The number of rotatable bonds is 11. The topological polar surface area (TPSA) is 156 Å². The van der Waals surface area contributed by atoms with Gasteiger partial charge < -0.3 is 40.8 Å². The number of hydrogen-bond acceptors (Lipinski definition) is 9. The summed E-state index contributed by atoms with van der Waals surface area (Å²) in [5.41, 5.74) is 9.50. The van der Waals surface area contributed by atoms with Crippen LogP contribution in [0.2, 0.25) is 0 Å². The van der Waals surface area contributed by atoms with E-state index in [-0.39, 0.29) is 37.4 Å². The van der Waals surface area contributed by atoms with Crippen LogP contribution in [0.1, 0.15) is 61.3 Å². The van der Waals surface area contributed by atoms with Gasteiger partial charge in [-0.15, -0.1) is 0 Å². The van der Waals surface area contributed by atoms with E-state index >= 15 is 0 Å². The second-order valence-corrected chi connectivity index (χ2v) is 12.6. The quantitative estimate of drug-likeness (QED) is 0.242. The van der Waals surface area contributed by atoms with Crippen molar-refractivity contribution >= 4 is 23.4 Å². The zero-order chi connectivity index (χ0) is 30.6. The zero-order valence-corrected chi connectivity index (χ0v) is 25.0. The third-order valence-electron chi connectivity index (χ3n) is 9.56. The minimum Gasteiger partial charge on any atom is -0.446 e. The Hall–Kier alpha value is -3.22. The third kappa shape index (κ3) is 6.87. The fraction of sp³-hybridized carbons (Fsp3) is 0.576. The molecule has 2 amide bonds. The van der Waals surface area contributed by atoms with Gasteiger partial charge in [-0.05, 0) is 54.9 Å². The number of fused-ring (bicyclic) bond motifs is 2. The first kappa shape index (κ1) is 30.8. The Kier molecular flexibility index (Phi) is 9.68. The molecule has 238 valence electrons. The van der Waals surface area contributed by atoms with Gasteiger partial charge in [0.1, 0.15) is 12.1 Å². The number of carbonyl (C=O) groups excluding carboxylic acids is 2. The van der Waals surface area contributed by atoms with E-state index in [9.17, 15) is 19.8 Å². The van der Waals surface area contributed by atoms with E-state index in [2.05, 4.69) is 10.6 Å². The third-order valence-corrected chi connectivity index (χ3v) is 9.56. The highest BCUT2D eigenvalue weighted by atomic mass is 16.7. The predicted octanol–water partition coefficient (Wildman–Crippen LogP) is 3.10. The highest BCUT2D eigenvalue weighted by molar-refractivity contribution is 6.05. The van der Waals surface area contributed by atoms with Crippen molar-refractivity contribution in [3.63, 3.8) is 0 Å². The SMILES string of the molecule is Nc1cc(CO)cc2c1NC(=O)C2N(CC1CCCC1)C[C@@H](O)C(Cc1ccccc1)NC(=O)O[C@H]1CCO[C@H]2OCCC21. The molecule has 6 N–H and O–H groups in total. The number of hydrogen-bond donors (Lipinski definition) is 5. The first-order chi connectivity index (χ1) is 21.4. The molecule has 44 heavy (non-hydrogen) atoms. The molecule has 4 aliphatic rings. The normalized spacial score (nSPS) is 26.2. The monoisotopic (exact) mass is 608 g/mol. The molecule has 2 saturated heterocycles. The van der Waals surface area contributed by atoms with Crippen LogP contribution < -0.4 is 16.4 Å². The van der Waals surface area contributed by atoms with Crippen LogP contribution >= 0.6 is 0 Å². The number of amides is 2. The van der Waals surface area contributed by atoms with Crippen LogP contribution in [-0.4, -0.2) is 78.0 Å². The van der Waals surface area contributed by atoms with E-state index in [1.165, 1.54) is 0 Å². The lowest BCUT2D eigenvalue weighted by atomic mass is 9.95. The molecule has 3 fully saturated rings. The minimum atomic E-state index is -1.02. The van der Waals surface area contributed by atoms with E-state index in [0.29, 0.717) is 61.0 Å². The molecule has 3 unspecified atom stereocenters. The molecule has 2 aromatic carbocycles. The maximum Gasteiger partial charge on any atom is 0.407 e. The van der Waals surface area contributed by atoms with Gasteiger partial charge in [0.15, 0.2) is 6.29 Å². The van der Waals surface area contributed by atoms with Gasteiger partial charge in [0.25, 0.3) is 0 Å². The summed E-state index contributed by atoms with van der Waals surface area (Å²) >= 11 is 0. The Morgan fingerprint density at radius 2 is 1.84 bits per heavy atom. The number of nitrogen functional groups attached to an aromatic ring is 1. The van der Waals surface area contributed by atoms with Crippen LogP contribution in [0.25, 0.3) is 0 Å². The van der Waals surface area contributed by atoms with Gasteiger partial charge in [0.2, 0.25) is 5.91 Å². The fourth-order valence-corrected chi connectivity index (χ4v) is 7.32. The standard InChI is InChI=1S/C33H44N4O7/c34-25-15-22(19-38)14-24-29(25)36-31(40)30(24)37(17-21-8-4-5-9-21)18-27(39)26(16-20-6-2-1-3-7-20)35-33(41)44-28-11-13-43-32-23(28)10-12-42-32/h1-3,6-7,14-15,21,23,26-28,30,32,38-39H,4-5,8-13,16-19,34H2,(H,35,41)(H,36,40)/t23?,26?,27-,28+,30?,32-/m1/s1. The van der Waals surface area contributed by atoms with Crippen molar-refractivity contribution in [2.75, 3.05) is 37.4 Å². The number of aliphatic hydroxyl groups is 2. The van der Waals surface area contributed by atoms with Gasteiger partial charge in [-0.2, -0.15) is 0 Å². The predicted molar refractivity (Wildman–Crippen MR) is 163 cm³/mol. The van der Waals surface area contributed by atoms with Crippen LogP contribution in [0.3, 0.4) is 0 Å². The van der Waals surface area contributed by atoms with E-state index < -0.39 is 24.3 Å². The number of nitrogens with two attached hydrogens (primary N) is 1. The summed E-state index contributed by atoms with van der Waals surface area (Å²) in [4.78, 5) is 28.8. The van der Waals surface area contributed by atoms with Gasteiger partial charge in [0.05, 0.1) is 43.3 Å². The lowest BCUT2D eigenvalue weighted by Gasteiger charge is -2.35. The highest BCUT2D eigenvalue weighted by Gasteiger charge is 2.42. The summed E-state index contributed by atoms with van der Waals surface area (Å²) in [5.74, 6) is 0.163. The molecule has 0 radical (unpaired) electrons. The van der Waals surface area contributed by atoms with E-state index in [1.54, 1.807) is 6.07 Å². The Labute approximate surface area is 258 Å². The van der Waals surface area contributed by atoms with Gasteiger partial charge in [-0.1, -0.05) is 43.2 Å². The van der Waals surface area contributed by atoms with Crippen molar-refractivity contribution in [2.24, 2.45) is 11.8 Å². The van der Waals surface area contributed by atoms with Crippen molar-refractivity contribution in [1.82, 2.24) is 10.2 Å². The Morgan fingerprint density at radius 1 is 1.09 bits per heavy atom. The Morgan fingerprint density at radius 3 is 2.59 bits per heavy atom. The summed E-state index contributed by atoms with van der Waals surface area (Å²) in [6, 6.07) is 11.8. The molecular formula is C33H44N4O7. The van der Waals surface area contributed by atoms with Crippen LogP contribution in [0.15, 0.2) is 42.5 Å². The first-order valence-corrected chi connectivity index (χ1v) is 15.9. The van der Waals surface area contributed by atoms with Gasteiger partial charge in [-0.3, -0.25) is 9.69 Å². The maximum atomic E-state index is 13.5. The van der Waals surface area contributed by atoms with Crippen LogP contribution in [0, 0.1) is 11.8 Å². The molecule has 0 spiro atoms. The molecule has 1 saturated carbocycles. The molecular weight excluding hydrogens is 564 g/mol. The lowest BCUT2D eigenvalue weighted by Crippen LogP contribution is -2.52. The molecule has 11 heteroatoms. The molecule has 3 aliphatic heterocycles. The number of ether oxygens (including phenoxy) is 3. The first-order valence-electron chi connectivity index (χ1n) is 15.9. The van der Waals surface area contributed by atoms with Gasteiger partial charge >= 0.3 is 6.09 Å². The average molecular weight is 609 g/mol. The summed E-state index contributed by atoms with van der Waals surface area (Å²) in [6.45, 7) is 1.59. The minimum absolute atomic E-state index is 0.00825. The van der Waals surface area contributed by atoms with Gasteiger partial charge in [0, 0.05) is 31.0 Å². The number of aliphatic hydroxyl groups excluding tert-OH is 2. The highest BCUT2D eigenvalue weighted by Crippen LogP contribution is 2.41. The number of alkyl carbamates (subject to hydrolysis) is 1. The lowest BCUT2D eigenvalue weighted by molar-refractivity contribution is -0.179. The van der Waals surface area contributed by atoms with Crippen molar-refractivity contribution in [2.45, 2.75) is 82.1 Å². The largest absolute Gasteiger partial charge is 0.446 e. The summed E-state index contributed by atoms with van der Waals surface area (Å²) in [6.07, 6.45) is 3.85. The van der Waals surface area contributed by atoms with E-state index in [4.69, 9.17) is 19.9 Å². The molecule has 11 nitrogen and oxygen atoms in total. The summed E-state index contributed by atoms with van der Waals surface area (Å²) in [5, 5.41) is 27.6. The molecule has 0 bridgehead atoms. The van der Waals surface area contributed by atoms with Crippen LogP contribution in [0.5, 0.6) is 0 Å². The number of nitrogens with zero attached hydrogens (tertiary/aromatic N) is 1. The maximum absolute atomic E-state index is 13.5. The summed E-state index contributed by atoms with van der Waals surface area (Å²) < 4.78 is 17.2. The molecule has 6 atom stereocenters. The second kappa shape index (κ2) is 13.8. The Bertz CT molecular complexity index is 1300. The fourth-order valence-electron chi connectivity index (χ4n) is 7.32. The number of nitrogens with one attached hydrogen (secondary N) is 2.